The van der Waals surface area contributed by atoms with E-state index in [0.717, 1.165) is 5.56 Å². The molecule has 0 bridgehead atoms. The first-order valence-corrected chi connectivity index (χ1v) is 10.5. The minimum atomic E-state index is -0.719. The van der Waals surface area contributed by atoms with Crippen LogP contribution >= 0.6 is 0 Å². The van der Waals surface area contributed by atoms with Crippen LogP contribution in [-0.4, -0.2) is 43.2 Å². The number of benzene rings is 3. The van der Waals surface area contributed by atoms with Crippen LogP contribution in [0, 0.1) is 0 Å². The molecule has 2 N–H and O–H groups in total. The molecule has 0 aliphatic carbocycles. The number of amides is 2. The lowest BCUT2D eigenvalue weighted by Gasteiger charge is -2.27. The van der Waals surface area contributed by atoms with Crippen molar-refractivity contribution in [1.29, 1.82) is 0 Å². The molecule has 1 atom stereocenters. The van der Waals surface area contributed by atoms with Gasteiger partial charge in [0.15, 0.2) is 5.78 Å². The number of hydrogen-bond donors (Lipinski definition) is 2. The number of methoxy groups -OCH3 is 1. The van der Waals surface area contributed by atoms with Crippen molar-refractivity contribution in [1.82, 2.24) is 4.90 Å². The first kappa shape index (κ1) is 23.7. The van der Waals surface area contributed by atoms with Crippen LogP contribution in [0.2, 0.25) is 0 Å². The molecule has 33 heavy (non-hydrogen) atoms. The summed E-state index contributed by atoms with van der Waals surface area (Å²) in [5, 5.41) is 5.71. The quantitative estimate of drug-likeness (QED) is 0.483. The number of ether oxygens (including phenoxy) is 1. The molecular weight excluding hydrogens is 418 g/mol. The Bertz CT molecular complexity index is 1130. The molecule has 7 heteroatoms. The number of carbonyl (C=O) groups excluding carboxylic acids is 3. The third-order valence-corrected chi connectivity index (χ3v) is 5.09. The van der Waals surface area contributed by atoms with E-state index in [1.54, 1.807) is 67.6 Å². The van der Waals surface area contributed by atoms with Gasteiger partial charge in [-0.2, -0.15) is 0 Å². The number of rotatable bonds is 9. The van der Waals surface area contributed by atoms with Gasteiger partial charge < -0.3 is 15.4 Å². The highest BCUT2D eigenvalue weighted by atomic mass is 16.5. The summed E-state index contributed by atoms with van der Waals surface area (Å²) >= 11 is 0. The van der Waals surface area contributed by atoms with Gasteiger partial charge in [-0.05, 0) is 43.8 Å². The van der Waals surface area contributed by atoms with Crippen molar-refractivity contribution in [2.75, 3.05) is 31.3 Å². The Morgan fingerprint density at radius 1 is 0.879 bits per heavy atom. The van der Waals surface area contributed by atoms with E-state index >= 15 is 0 Å². The van der Waals surface area contributed by atoms with E-state index < -0.39 is 6.04 Å². The van der Waals surface area contributed by atoms with Gasteiger partial charge in [0.1, 0.15) is 11.8 Å². The number of nitrogens with zero attached hydrogens (tertiary/aromatic N) is 1. The molecule has 2 amide bonds. The van der Waals surface area contributed by atoms with E-state index in [1.165, 1.54) is 6.92 Å². The summed E-state index contributed by atoms with van der Waals surface area (Å²) in [6.45, 7) is 1.46. The van der Waals surface area contributed by atoms with E-state index in [2.05, 4.69) is 10.6 Å². The number of carbonyl (C=O) groups is 3. The number of nitrogens with one attached hydrogen (secondary N) is 2. The topological polar surface area (TPSA) is 87.7 Å². The standard InChI is InChI=1S/C26H27N3O4/c1-18(30)20-11-7-12-21(15-20)28-26(32)25(19-9-5-4-6-10-19)29(2)17-24(31)27-22-13-8-14-23(16-22)33-3/h4-16,25H,17H2,1-3H3,(H,27,31)(H,28,32)/t25-/m0/s1. The molecule has 0 aromatic heterocycles. The minimum absolute atomic E-state index is 0.0162. The molecule has 0 saturated carbocycles. The second kappa shape index (κ2) is 11.1. The first-order valence-electron chi connectivity index (χ1n) is 10.5. The lowest BCUT2D eigenvalue weighted by molar-refractivity contribution is -0.123. The van der Waals surface area contributed by atoms with Gasteiger partial charge in [0.05, 0.1) is 13.7 Å². The van der Waals surface area contributed by atoms with Crippen molar-refractivity contribution in [2.45, 2.75) is 13.0 Å². The van der Waals surface area contributed by atoms with E-state index in [1.807, 2.05) is 30.3 Å². The van der Waals surface area contributed by atoms with Gasteiger partial charge in [0, 0.05) is 23.0 Å². The normalized spacial score (nSPS) is 11.5. The summed E-state index contributed by atoms with van der Waals surface area (Å²) in [4.78, 5) is 39.3. The van der Waals surface area contributed by atoms with E-state index in [9.17, 15) is 14.4 Å². The van der Waals surface area contributed by atoms with Gasteiger partial charge >= 0.3 is 0 Å². The van der Waals surface area contributed by atoms with E-state index in [4.69, 9.17) is 4.74 Å². The number of Topliss-reactive ketones (excluding diaryl/α,β-unsaturated/α-hetero) is 1. The van der Waals surface area contributed by atoms with Gasteiger partial charge in [-0.25, -0.2) is 0 Å². The lowest BCUT2D eigenvalue weighted by Crippen LogP contribution is -2.39. The van der Waals surface area contributed by atoms with Gasteiger partial charge in [-0.3, -0.25) is 19.3 Å². The average molecular weight is 446 g/mol. The molecule has 0 spiro atoms. The Labute approximate surface area is 193 Å². The summed E-state index contributed by atoms with van der Waals surface area (Å²) in [7, 11) is 3.28. The summed E-state index contributed by atoms with van der Waals surface area (Å²) in [5.74, 6) is -0.0239. The largest absolute Gasteiger partial charge is 0.497 e. The van der Waals surface area contributed by atoms with E-state index in [-0.39, 0.29) is 24.1 Å². The van der Waals surface area contributed by atoms with Crippen LogP contribution in [-0.2, 0) is 9.59 Å². The monoisotopic (exact) mass is 445 g/mol. The number of hydrogen-bond acceptors (Lipinski definition) is 5. The molecule has 0 heterocycles. The van der Waals surface area contributed by atoms with Crippen LogP contribution in [0.25, 0.3) is 0 Å². The molecule has 0 unspecified atom stereocenters. The Balaban J connectivity index is 1.77. The molecule has 0 fully saturated rings. The van der Waals surface area contributed by atoms with Gasteiger partial charge in [0.2, 0.25) is 11.8 Å². The SMILES string of the molecule is COc1cccc(NC(=O)CN(C)[C@H](C(=O)Nc2cccc(C(C)=O)c2)c2ccccc2)c1. The Kier molecular flexibility index (Phi) is 7.94. The average Bonchev–Trinajstić information content (AvgIpc) is 2.80. The van der Waals surface area contributed by atoms with Crippen LogP contribution < -0.4 is 15.4 Å². The molecule has 0 saturated heterocycles. The zero-order valence-electron chi connectivity index (χ0n) is 18.9. The first-order chi connectivity index (χ1) is 15.9. The second-order valence-corrected chi connectivity index (χ2v) is 7.63. The highest BCUT2D eigenvalue weighted by Crippen LogP contribution is 2.23. The fourth-order valence-electron chi connectivity index (χ4n) is 3.49. The molecule has 3 aromatic carbocycles. The molecular formula is C26H27N3O4. The molecule has 3 aromatic rings. The third kappa shape index (κ3) is 6.51. The molecule has 170 valence electrons. The van der Waals surface area contributed by atoms with Crippen molar-refractivity contribution < 1.29 is 19.1 Å². The van der Waals surface area contributed by atoms with Crippen LogP contribution in [0.4, 0.5) is 11.4 Å². The fraction of sp³-hybridized carbons (Fsp3) is 0.192. The highest BCUT2D eigenvalue weighted by Gasteiger charge is 2.27. The van der Waals surface area contributed by atoms with Gasteiger partial charge in [-0.15, -0.1) is 0 Å². The lowest BCUT2D eigenvalue weighted by atomic mass is 10.0. The predicted octanol–water partition coefficient (Wildman–Crippen LogP) is 4.15. The Morgan fingerprint density at radius 2 is 1.55 bits per heavy atom. The summed E-state index contributed by atoms with van der Waals surface area (Å²) in [5.41, 5.74) is 2.38. The number of ketones is 1. The van der Waals surface area contributed by atoms with Crippen molar-refractivity contribution in [3.05, 3.63) is 90.0 Å². The van der Waals surface area contributed by atoms with Crippen LogP contribution in [0.3, 0.4) is 0 Å². The Hall–Kier alpha value is -3.97. The van der Waals surface area contributed by atoms with Crippen molar-refractivity contribution in [2.24, 2.45) is 0 Å². The number of likely N-dealkylation sites (N-methyl/N-ethyl adjacent to an activating group) is 1. The second-order valence-electron chi connectivity index (χ2n) is 7.63. The molecule has 3 rings (SSSR count). The van der Waals surface area contributed by atoms with Crippen molar-refractivity contribution >= 4 is 29.0 Å². The molecule has 7 nitrogen and oxygen atoms in total. The minimum Gasteiger partial charge on any atom is -0.497 e. The maximum atomic E-state index is 13.3. The zero-order chi connectivity index (χ0) is 23.8. The van der Waals surface area contributed by atoms with Crippen LogP contribution in [0.15, 0.2) is 78.9 Å². The molecule has 0 aliphatic rings. The third-order valence-electron chi connectivity index (χ3n) is 5.09. The van der Waals surface area contributed by atoms with Crippen LogP contribution in [0.5, 0.6) is 5.75 Å². The number of anilines is 2. The van der Waals surface area contributed by atoms with Gasteiger partial charge in [0.25, 0.3) is 0 Å². The summed E-state index contributed by atoms with van der Waals surface area (Å²) < 4.78 is 5.19. The maximum Gasteiger partial charge on any atom is 0.246 e. The summed E-state index contributed by atoms with van der Waals surface area (Å²) in [6, 6.07) is 22.4. The van der Waals surface area contributed by atoms with Crippen LogP contribution in [0.1, 0.15) is 28.9 Å². The molecule has 0 radical (unpaired) electrons. The fourth-order valence-corrected chi connectivity index (χ4v) is 3.49. The van der Waals surface area contributed by atoms with Crippen molar-refractivity contribution in [3.8, 4) is 5.75 Å². The maximum absolute atomic E-state index is 13.3. The zero-order valence-corrected chi connectivity index (χ0v) is 18.9. The van der Waals surface area contributed by atoms with Crippen molar-refractivity contribution in [3.63, 3.8) is 0 Å². The van der Waals surface area contributed by atoms with Gasteiger partial charge in [-0.1, -0.05) is 48.5 Å². The predicted molar refractivity (Wildman–Crippen MR) is 129 cm³/mol. The summed E-state index contributed by atoms with van der Waals surface area (Å²) in [6.07, 6.45) is 0. The molecule has 0 aliphatic heterocycles. The Morgan fingerprint density at radius 3 is 2.21 bits per heavy atom. The van der Waals surface area contributed by atoms with E-state index in [0.29, 0.717) is 22.7 Å². The highest BCUT2D eigenvalue weighted by molar-refractivity contribution is 5.99. The smallest absolute Gasteiger partial charge is 0.246 e.